The van der Waals surface area contributed by atoms with Crippen LogP contribution in [0, 0.1) is 0 Å². The first-order valence-corrected chi connectivity index (χ1v) is 9.15. The second kappa shape index (κ2) is 7.58. The van der Waals surface area contributed by atoms with Gasteiger partial charge in [-0.3, -0.25) is 4.79 Å². The molecule has 0 saturated heterocycles. The Bertz CT molecular complexity index is 804. The Kier molecular flexibility index (Phi) is 5.42. The minimum absolute atomic E-state index is 0.00869. The standard InChI is InChI=1S/C21H24ClNO3/c1-21(2)13-18(16-10-9-15(25-3)12-19(16)26-21)23-20(24)11-8-14-6-4-5-7-17(14)22/h4-7,9-10,12,18H,8,11,13H2,1-3H3,(H,23,24)/t18-/m0/s1. The van der Waals surface area contributed by atoms with Gasteiger partial charge in [-0.25, -0.2) is 0 Å². The van der Waals surface area contributed by atoms with Gasteiger partial charge in [-0.1, -0.05) is 29.8 Å². The molecule has 1 N–H and O–H groups in total. The number of ether oxygens (including phenoxy) is 2. The second-order valence-corrected chi connectivity index (χ2v) is 7.59. The number of nitrogens with one attached hydrogen (secondary N) is 1. The van der Waals surface area contributed by atoms with Crippen LogP contribution in [0.15, 0.2) is 42.5 Å². The molecule has 0 aromatic heterocycles. The Morgan fingerprint density at radius 1 is 1.31 bits per heavy atom. The lowest BCUT2D eigenvalue weighted by Gasteiger charge is -2.38. The largest absolute Gasteiger partial charge is 0.497 e. The lowest BCUT2D eigenvalue weighted by Crippen LogP contribution is -2.41. The minimum Gasteiger partial charge on any atom is -0.497 e. The van der Waals surface area contributed by atoms with E-state index in [1.807, 2.05) is 56.3 Å². The number of aryl methyl sites for hydroxylation is 1. The van der Waals surface area contributed by atoms with Crippen LogP contribution in [-0.2, 0) is 11.2 Å². The summed E-state index contributed by atoms with van der Waals surface area (Å²) in [5.74, 6) is 1.51. The molecule has 0 radical (unpaired) electrons. The molecule has 1 heterocycles. The zero-order chi connectivity index (χ0) is 18.7. The average Bonchev–Trinajstić information content (AvgIpc) is 2.59. The third-order valence-electron chi connectivity index (χ3n) is 4.59. The molecule has 138 valence electrons. The molecule has 0 aliphatic carbocycles. The van der Waals surface area contributed by atoms with Crippen molar-refractivity contribution in [1.29, 1.82) is 0 Å². The molecule has 0 fully saturated rings. The van der Waals surface area contributed by atoms with Crippen molar-refractivity contribution >= 4 is 17.5 Å². The molecule has 0 unspecified atom stereocenters. The van der Waals surface area contributed by atoms with Crippen molar-refractivity contribution in [3.63, 3.8) is 0 Å². The van der Waals surface area contributed by atoms with E-state index in [0.29, 0.717) is 24.3 Å². The highest BCUT2D eigenvalue weighted by Crippen LogP contribution is 2.41. The molecule has 0 saturated carbocycles. The van der Waals surface area contributed by atoms with E-state index in [1.165, 1.54) is 0 Å². The first-order chi connectivity index (χ1) is 12.4. The molecule has 2 aromatic rings. The summed E-state index contributed by atoms with van der Waals surface area (Å²) in [6.07, 6.45) is 1.73. The molecule has 5 heteroatoms. The van der Waals surface area contributed by atoms with Gasteiger partial charge in [0.25, 0.3) is 0 Å². The summed E-state index contributed by atoms with van der Waals surface area (Å²) >= 11 is 6.17. The zero-order valence-electron chi connectivity index (χ0n) is 15.3. The van der Waals surface area contributed by atoms with Crippen LogP contribution >= 0.6 is 11.6 Å². The maximum atomic E-state index is 12.5. The summed E-state index contributed by atoms with van der Waals surface area (Å²) in [7, 11) is 1.63. The second-order valence-electron chi connectivity index (χ2n) is 7.18. The highest BCUT2D eigenvalue weighted by atomic mass is 35.5. The van der Waals surface area contributed by atoms with Crippen molar-refractivity contribution in [3.8, 4) is 11.5 Å². The molecular weight excluding hydrogens is 350 g/mol. The average molecular weight is 374 g/mol. The van der Waals surface area contributed by atoms with Gasteiger partial charge < -0.3 is 14.8 Å². The van der Waals surface area contributed by atoms with Crippen molar-refractivity contribution in [1.82, 2.24) is 5.32 Å². The number of carbonyl (C=O) groups is 1. The highest BCUT2D eigenvalue weighted by Gasteiger charge is 2.34. The van der Waals surface area contributed by atoms with E-state index in [-0.39, 0.29) is 17.6 Å². The molecule has 1 amide bonds. The number of hydrogen-bond acceptors (Lipinski definition) is 3. The lowest BCUT2D eigenvalue weighted by atomic mass is 9.89. The maximum absolute atomic E-state index is 12.5. The summed E-state index contributed by atoms with van der Waals surface area (Å²) in [4.78, 5) is 12.5. The topological polar surface area (TPSA) is 47.6 Å². The van der Waals surface area contributed by atoms with Gasteiger partial charge in [0.05, 0.1) is 13.2 Å². The van der Waals surface area contributed by atoms with Crippen molar-refractivity contribution in [3.05, 3.63) is 58.6 Å². The Morgan fingerprint density at radius 3 is 2.81 bits per heavy atom. The van der Waals surface area contributed by atoms with Gasteiger partial charge in [0.2, 0.25) is 5.91 Å². The molecule has 4 nitrogen and oxygen atoms in total. The van der Waals surface area contributed by atoms with E-state index < -0.39 is 0 Å². The quantitative estimate of drug-likeness (QED) is 0.826. The van der Waals surface area contributed by atoms with E-state index in [4.69, 9.17) is 21.1 Å². The van der Waals surface area contributed by atoms with Crippen LogP contribution in [0.5, 0.6) is 11.5 Å². The normalized spacial score (nSPS) is 17.8. The fraction of sp³-hybridized carbons (Fsp3) is 0.381. The molecule has 26 heavy (non-hydrogen) atoms. The third kappa shape index (κ3) is 4.31. The fourth-order valence-corrected chi connectivity index (χ4v) is 3.53. The van der Waals surface area contributed by atoms with Crippen LogP contribution in [0.3, 0.4) is 0 Å². The predicted octanol–water partition coefficient (Wildman–Crippen LogP) is 4.70. The number of hydrogen-bond donors (Lipinski definition) is 1. The van der Waals surface area contributed by atoms with Gasteiger partial charge in [-0.15, -0.1) is 0 Å². The molecule has 1 aliphatic heterocycles. The van der Waals surface area contributed by atoms with E-state index >= 15 is 0 Å². The van der Waals surface area contributed by atoms with E-state index in [0.717, 1.165) is 22.6 Å². The van der Waals surface area contributed by atoms with Crippen LogP contribution in [0.2, 0.25) is 5.02 Å². The molecule has 0 spiro atoms. The van der Waals surface area contributed by atoms with Gasteiger partial charge in [0.1, 0.15) is 17.1 Å². The molecule has 3 rings (SSSR count). The Morgan fingerprint density at radius 2 is 2.08 bits per heavy atom. The van der Waals surface area contributed by atoms with Crippen molar-refractivity contribution in [2.24, 2.45) is 0 Å². The van der Waals surface area contributed by atoms with Gasteiger partial charge >= 0.3 is 0 Å². The van der Waals surface area contributed by atoms with Crippen LogP contribution in [0.4, 0.5) is 0 Å². The number of benzene rings is 2. The fourth-order valence-electron chi connectivity index (χ4n) is 3.30. The number of rotatable bonds is 5. The summed E-state index contributed by atoms with van der Waals surface area (Å²) in [6.45, 7) is 4.05. The predicted molar refractivity (Wildman–Crippen MR) is 103 cm³/mol. The van der Waals surface area contributed by atoms with Gasteiger partial charge in [0, 0.05) is 29.5 Å². The van der Waals surface area contributed by atoms with Gasteiger partial charge in [0.15, 0.2) is 0 Å². The SMILES string of the molecule is COc1ccc2c(c1)OC(C)(C)C[C@@H]2NC(=O)CCc1ccccc1Cl. The molecular formula is C21H24ClNO3. The van der Waals surface area contributed by atoms with Crippen molar-refractivity contribution < 1.29 is 14.3 Å². The number of methoxy groups -OCH3 is 1. The number of halogens is 1. The number of amides is 1. The van der Waals surface area contributed by atoms with Gasteiger partial charge in [-0.05, 0) is 44.0 Å². The van der Waals surface area contributed by atoms with E-state index in [2.05, 4.69) is 5.32 Å². The van der Waals surface area contributed by atoms with Gasteiger partial charge in [-0.2, -0.15) is 0 Å². The summed E-state index contributed by atoms with van der Waals surface area (Å²) in [5.41, 5.74) is 1.61. The summed E-state index contributed by atoms with van der Waals surface area (Å²) < 4.78 is 11.4. The Balaban J connectivity index is 1.71. The first kappa shape index (κ1) is 18.6. The first-order valence-electron chi connectivity index (χ1n) is 8.78. The Labute approximate surface area is 159 Å². The molecule has 1 aliphatic rings. The van der Waals surface area contributed by atoms with Crippen LogP contribution in [-0.4, -0.2) is 18.6 Å². The molecule has 2 aromatic carbocycles. The van der Waals surface area contributed by atoms with E-state index in [9.17, 15) is 4.79 Å². The minimum atomic E-state index is -0.361. The van der Waals surface area contributed by atoms with Crippen LogP contribution in [0.25, 0.3) is 0 Å². The van der Waals surface area contributed by atoms with Crippen molar-refractivity contribution in [2.45, 2.75) is 44.8 Å². The van der Waals surface area contributed by atoms with Crippen LogP contribution < -0.4 is 14.8 Å². The summed E-state index contributed by atoms with van der Waals surface area (Å²) in [6, 6.07) is 13.3. The number of carbonyl (C=O) groups excluding carboxylic acids is 1. The number of fused-ring (bicyclic) bond motifs is 1. The Hall–Kier alpha value is -2.20. The monoisotopic (exact) mass is 373 g/mol. The lowest BCUT2D eigenvalue weighted by molar-refractivity contribution is -0.122. The smallest absolute Gasteiger partial charge is 0.220 e. The summed E-state index contributed by atoms with van der Waals surface area (Å²) in [5, 5.41) is 3.85. The van der Waals surface area contributed by atoms with Crippen molar-refractivity contribution in [2.75, 3.05) is 7.11 Å². The van der Waals surface area contributed by atoms with Crippen LogP contribution in [0.1, 0.15) is 43.9 Å². The molecule has 0 bridgehead atoms. The third-order valence-corrected chi connectivity index (χ3v) is 4.96. The molecule has 1 atom stereocenters. The van der Waals surface area contributed by atoms with E-state index in [1.54, 1.807) is 7.11 Å². The maximum Gasteiger partial charge on any atom is 0.220 e. The highest BCUT2D eigenvalue weighted by molar-refractivity contribution is 6.31. The zero-order valence-corrected chi connectivity index (χ0v) is 16.1.